The monoisotopic (exact) mass is 337 g/mol. The number of cyclic esters (lactones) is 1. The summed E-state index contributed by atoms with van der Waals surface area (Å²) in [4.78, 5) is 16.3. The van der Waals surface area contributed by atoms with E-state index in [1.807, 2.05) is 25.1 Å². The molecule has 0 fully saturated rings. The number of hydrogen-bond donors (Lipinski definition) is 0. The Morgan fingerprint density at radius 1 is 1.24 bits per heavy atom. The van der Waals surface area contributed by atoms with Crippen LogP contribution in [0.4, 0.5) is 4.39 Å². The van der Waals surface area contributed by atoms with Gasteiger partial charge in [0.05, 0.1) is 0 Å². The fourth-order valence-electron chi connectivity index (χ4n) is 2.20. The molecule has 2 aromatic rings. The van der Waals surface area contributed by atoms with Crippen LogP contribution in [0.15, 0.2) is 71.4 Å². The maximum atomic E-state index is 13.0. The number of carbonyl (C=O) groups is 1. The smallest absolute Gasteiger partial charge is 0.363 e. The third kappa shape index (κ3) is 4.01. The number of esters is 1. The van der Waals surface area contributed by atoms with E-state index in [0.29, 0.717) is 23.5 Å². The van der Waals surface area contributed by atoms with Crippen LogP contribution in [0.1, 0.15) is 18.1 Å². The molecule has 3 rings (SSSR count). The molecule has 1 heterocycles. The number of halogens is 1. The highest BCUT2D eigenvalue weighted by atomic mass is 19.1. The molecular weight excluding hydrogens is 321 g/mol. The summed E-state index contributed by atoms with van der Waals surface area (Å²) in [5.41, 5.74) is 2.29. The molecule has 5 heteroatoms. The molecule has 4 nitrogen and oxygen atoms in total. The van der Waals surface area contributed by atoms with Crippen molar-refractivity contribution in [1.82, 2.24) is 0 Å². The van der Waals surface area contributed by atoms with Gasteiger partial charge in [-0.15, -0.1) is 0 Å². The van der Waals surface area contributed by atoms with Crippen molar-refractivity contribution in [1.29, 1.82) is 0 Å². The van der Waals surface area contributed by atoms with Gasteiger partial charge in [0.15, 0.2) is 5.70 Å². The average Bonchev–Trinajstić information content (AvgIpc) is 2.95. The second kappa shape index (κ2) is 7.13. The van der Waals surface area contributed by atoms with E-state index in [-0.39, 0.29) is 17.4 Å². The topological polar surface area (TPSA) is 47.9 Å². The van der Waals surface area contributed by atoms with Crippen LogP contribution in [-0.4, -0.2) is 18.5 Å². The number of carbonyl (C=O) groups excluding carboxylic acids is 1. The second-order valence-corrected chi connectivity index (χ2v) is 5.63. The first kappa shape index (κ1) is 16.6. The maximum absolute atomic E-state index is 13.0. The van der Waals surface area contributed by atoms with Crippen molar-refractivity contribution < 1.29 is 18.7 Å². The Labute approximate surface area is 144 Å². The molecule has 0 N–H and O–H groups in total. The van der Waals surface area contributed by atoms with Gasteiger partial charge in [-0.3, -0.25) is 0 Å². The Bertz CT molecular complexity index is 882. The third-order valence-corrected chi connectivity index (χ3v) is 3.40. The molecular formula is C20H16FNO3. The summed E-state index contributed by atoms with van der Waals surface area (Å²) in [5.74, 6) is -0.158. The zero-order valence-corrected chi connectivity index (χ0v) is 13.7. The number of nitrogens with zero attached hydrogens (tertiary/aromatic N) is 1. The highest BCUT2D eigenvalue weighted by Gasteiger charge is 2.24. The summed E-state index contributed by atoms with van der Waals surface area (Å²) >= 11 is 0. The van der Waals surface area contributed by atoms with Crippen LogP contribution in [0, 0.1) is 5.82 Å². The molecule has 0 saturated carbocycles. The van der Waals surface area contributed by atoms with Crippen LogP contribution >= 0.6 is 0 Å². The van der Waals surface area contributed by atoms with Gasteiger partial charge < -0.3 is 9.47 Å². The molecule has 0 atom stereocenters. The molecule has 126 valence electrons. The van der Waals surface area contributed by atoms with Crippen LogP contribution in [-0.2, 0) is 9.53 Å². The van der Waals surface area contributed by atoms with Gasteiger partial charge in [0.2, 0.25) is 5.90 Å². The molecule has 1 aliphatic heterocycles. The molecule has 0 aliphatic carbocycles. The number of para-hydroxylation sites is 1. The number of ether oxygens (including phenoxy) is 2. The lowest BCUT2D eigenvalue weighted by Gasteiger charge is -2.08. The number of hydrogen-bond acceptors (Lipinski definition) is 4. The summed E-state index contributed by atoms with van der Waals surface area (Å²) in [7, 11) is 0. The Kier molecular flexibility index (Phi) is 4.75. The lowest BCUT2D eigenvalue weighted by Crippen LogP contribution is -2.05. The molecule has 0 saturated heterocycles. The summed E-state index contributed by atoms with van der Waals surface area (Å²) in [6.07, 6.45) is 1.60. The molecule has 1 aliphatic rings. The zero-order chi connectivity index (χ0) is 17.8. The predicted molar refractivity (Wildman–Crippen MR) is 93.8 cm³/mol. The van der Waals surface area contributed by atoms with Crippen molar-refractivity contribution in [2.75, 3.05) is 6.61 Å². The van der Waals surface area contributed by atoms with Crippen molar-refractivity contribution in [3.8, 4) is 5.75 Å². The standard InChI is InChI=1S/C20H16FNO3/c1-13(2)12-24-18-6-4-3-5-15(18)11-17-20(23)25-19(22-17)14-7-9-16(21)10-8-14/h3-11H,1,12H2,2H3. The Balaban J connectivity index is 1.89. The SMILES string of the molecule is C=C(C)COc1ccccc1C=C1N=C(c2ccc(F)cc2)OC1=O. The summed E-state index contributed by atoms with van der Waals surface area (Å²) in [5, 5.41) is 0. The first-order chi connectivity index (χ1) is 12.0. The fraction of sp³-hybridized carbons (Fsp3) is 0.100. The van der Waals surface area contributed by atoms with Crippen LogP contribution in [0.2, 0.25) is 0 Å². The van der Waals surface area contributed by atoms with Gasteiger partial charge in [-0.25, -0.2) is 14.2 Å². The minimum Gasteiger partial charge on any atom is -0.489 e. The molecule has 0 aromatic heterocycles. The number of rotatable bonds is 5. The third-order valence-electron chi connectivity index (χ3n) is 3.40. The van der Waals surface area contributed by atoms with Crippen molar-refractivity contribution in [3.63, 3.8) is 0 Å². The molecule has 0 bridgehead atoms. The number of aliphatic imine (C=N–C) groups is 1. The van der Waals surface area contributed by atoms with Crippen molar-refractivity contribution in [2.45, 2.75) is 6.92 Å². The first-order valence-corrected chi connectivity index (χ1v) is 7.67. The van der Waals surface area contributed by atoms with Gasteiger partial charge >= 0.3 is 5.97 Å². The largest absolute Gasteiger partial charge is 0.489 e. The fourth-order valence-corrected chi connectivity index (χ4v) is 2.20. The molecule has 0 unspecified atom stereocenters. The average molecular weight is 337 g/mol. The van der Waals surface area contributed by atoms with Gasteiger partial charge in [0.25, 0.3) is 0 Å². The van der Waals surface area contributed by atoms with E-state index in [1.165, 1.54) is 24.3 Å². The highest BCUT2D eigenvalue weighted by molar-refractivity contribution is 6.12. The van der Waals surface area contributed by atoms with Gasteiger partial charge in [0, 0.05) is 11.1 Å². The Morgan fingerprint density at radius 3 is 2.68 bits per heavy atom. The van der Waals surface area contributed by atoms with Crippen molar-refractivity contribution in [3.05, 3.63) is 83.3 Å². The van der Waals surface area contributed by atoms with Crippen molar-refractivity contribution in [2.24, 2.45) is 4.99 Å². The van der Waals surface area contributed by atoms with E-state index < -0.39 is 5.97 Å². The normalized spacial score (nSPS) is 15.0. The van der Waals surface area contributed by atoms with Gasteiger partial charge in [-0.05, 0) is 48.9 Å². The quantitative estimate of drug-likeness (QED) is 0.468. The van der Waals surface area contributed by atoms with Crippen LogP contribution < -0.4 is 4.74 Å². The van der Waals surface area contributed by atoms with E-state index in [9.17, 15) is 9.18 Å². The molecule has 2 aromatic carbocycles. The van der Waals surface area contributed by atoms with Crippen LogP contribution in [0.25, 0.3) is 6.08 Å². The lowest BCUT2D eigenvalue weighted by molar-refractivity contribution is -0.129. The van der Waals surface area contributed by atoms with Crippen LogP contribution in [0.3, 0.4) is 0 Å². The number of benzene rings is 2. The lowest BCUT2D eigenvalue weighted by atomic mass is 10.1. The minimum absolute atomic E-state index is 0.150. The first-order valence-electron chi connectivity index (χ1n) is 7.67. The van der Waals surface area contributed by atoms with E-state index in [1.54, 1.807) is 12.1 Å². The molecule has 25 heavy (non-hydrogen) atoms. The predicted octanol–water partition coefficient (Wildman–Crippen LogP) is 4.13. The summed E-state index contributed by atoms with van der Waals surface area (Å²) in [6, 6.07) is 12.9. The maximum Gasteiger partial charge on any atom is 0.363 e. The van der Waals surface area contributed by atoms with E-state index in [0.717, 1.165) is 5.57 Å². The second-order valence-electron chi connectivity index (χ2n) is 5.63. The molecule has 0 spiro atoms. The van der Waals surface area contributed by atoms with Gasteiger partial charge in [0.1, 0.15) is 18.2 Å². The zero-order valence-electron chi connectivity index (χ0n) is 13.7. The van der Waals surface area contributed by atoms with Crippen molar-refractivity contribution >= 4 is 17.9 Å². The summed E-state index contributed by atoms with van der Waals surface area (Å²) in [6.45, 7) is 6.06. The van der Waals surface area contributed by atoms with E-state index >= 15 is 0 Å². The Hall–Kier alpha value is -3.21. The molecule has 0 amide bonds. The van der Waals surface area contributed by atoms with Gasteiger partial charge in [-0.2, -0.15) is 0 Å². The van der Waals surface area contributed by atoms with Gasteiger partial charge in [-0.1, -0.05) is 24.8 Å². The van der Waals surface area contributed by atoms with E-state index in [4.69, 9.17) is 9.47 Å². The minimum atomic E-state index is -0.561. The Morgan fingerprint density at radius 2 is 1.96 bits per heavy atom. The summed E-state index contributed by atoms with van der Waals surface area (Å²) < 4.78 is 23.9. The molecule has 0 radical (unpaired) electrons. The van der Waals surface area contributed by atoms with E-state index in [2.05, 4.69) is 11.6 Å². The van der Waals surface area contributed by atoms with Crippen LogP contribution in [0.5, 0.6) is 5.75 Å². The highest BCUT2D eigenvalue weighted by Crippen LogP contribution is 2.25.